The molecule has 1 saturated carbocycles. The molecule has 4 unspecified atom stereocenters. The normalized spacial score (nSPS) is 25.5. The molecule has 4 N–H and O–H groups in total. The average Bonchev–Trinajstić information content (AvgIpc) is 3.45. The van der Waals surface area contributed by atoms with Crippen molar-refractivity contribution in [3.8, 4) is 0 Å². The third-order valence-electron chi connectivity index (χ3n) is 6.96. The van der Waals surface area contributed by atoms with Crippen molar-refractivity contribution in [2.75, 3.05) is 18.1 Å². The smallest absolute Gasteiger partial charge is 0.145 e. The first-order valence-corrected chi connectivity index (χ1v) is 11.4. The SMILES string of the molecule is Nc1nc2cc(CC3OCC4CC(n5ccc6c(N)ncnc65)CC43)ccc2cc1Br. The second-order valence-corrected chi connectivity index (χ2v) is 9.58. The number of rotatable bonds is 3. The quantitative estimate of drug-likeness (QED) is 0.458. The number of hydrogen-bond donors (Lipinski definition) is 2. The second kappa shape index (κ2) is 7.17. The van der Waals surface area contributed by atoms with Gasteiger partial charge >= 0.3 is 0 Å². The highest BCUT2D eigenvalue weighted by atomic mass is 79.9. The average molecular weight is 479 g/mol. The van der Waals surface area contributed by atoms with Crippen LogP contribution in [-0.2, 0) is 11.2 Å². The molecular weight excluding hydrogens is 456 g/mol. The van der Waals surface area contributed by atoms with E-state index < -0.39 is 0 Å². The largest absolute Gasteiger partial charge is 0.383 e. The number of hydrogen-bond acceptors (Lipinski definition) is 6. The predicted octanol–water partition coefficient (Wildman–Crippen LogP) is 4.12. The fraction of sp³-hybridized carbons (Fsp3) is 0.348. The molecule has 6 rings (SSSR count). The topological polar surface area (TPSA) is 105 Å². The zero-order valence-corrected chi connectivity index (χ0v) is 18.5. The third kappa shape index (κ3) is 3.16. The molecule has 4 atom stereocenters. The van der Waals surface area contributed by atoms with E-state index in [9.17, 15) is 0 Å². The molecule has 1 aromatic carbocycles. The molecule has 2 fully saturated rings. The number of halogens is 1. The summed E-state index contributed by atoms with van der Waals surface area (Å²) in [6, 6.07) is 10.9. The van der Waals surface area contributed by atoms with Gasteiger partial charge < -0.3 is 20.8 Å². The summed E-state index contributed by atoms with van der Waals surface area (Å²) in [5, 5.41) is 2.01. The van der Waals surface area contributed by atoms with Crippen molar-refractivity contribution in [1.29, 1.82) is 0 Å². The summed E-state index contributed by atoms with van der Waals surface area (Å²) >= 11 is 3.45. The van der Waals surface area contributed by atoms with Crippen LogP contribution in [0, 0.1) is 11.8 Å². The number of fused-ring (bicyclic) bond motifs is 3. The number of nitrogens with zero attached hydrogens (tertiary/aromatic N) is 4. The molecule has 4 heterocycles. The molecule has 0 bridgehead atoms. The van der Waals surface area contributed by atoms with Gasteiger partial charge in [-0.05, 0) is 70.8 Å². The van der Waals surface area contributed by atoms with E-state index in [1.165, 1.54) is 5.56 Å². The van der Waals surface area contributed by atoms with Gasteiger partial charge in [-0.1, -0.05) is 12.1 Å². The van der Waals surface area contributed by atoms with Crippen molar-refractivity contribution in [3.63, 3.8) is 0 Å². The van der Waals surface area contributed by atoms with E-state index in [4.69, 9.17) is 16.2 Å². The minimum Gasteiger partial charge on any atom is -0.383 e. The van der Waals surface area contributed by atoms with Crippen LogP contribution in [0.3, 0.4) is 0 Å². The maximum absolute atomic E-state index is 6.24. The van der Waals surface area contributed by atoms with E-state index in [0.717, 1.165) is 52.3 Å². The Kier molecular flexibility index (Phi) is 4.40. The lowest BCUT2D eigenvalue weighted by Crippen LogP contribution is -2.20. The first-order chi connectivity index (χ1) is 15.1. The van der Waals surface area contributed by atoms with Crippen LogP contribution in [0.1, 0.15) is 24.4 Å². The zero-order valence-electron chi connectivity index (χ0n) is 16.9. The van der Waals surface area contributed by atoms with Crippen LogP contribution in [0.25, 0.3) is 21.9 Å². The standard InChI is InChI=1S/C23H23BrN6O/c24-18-8-13-2-1-12(5-19(13)29-22(18)26)6-20-17-9-15(7-14(17)10-31-20)30-4-3-16-21(25)27-11-28-23(16)30/h1-5,8,11,14-15,17,20H,6-7,9-10H2,(H2,26,29)(H2,25,27,28). The monoisotopic (exact) mass is 478 g/mol. The predicted molar refractivity (Wildman–Crippen MR) is 124 cm³/mol. The van der Waals surface area contributed by atoms with Gasteiger partial charge in [-0.2, -0.15) is 0 Å². The van der Waals surface area contributed by atoms with E-state index in [0.29, 0.717) is 29.5 Å². The molecule has 3 aromatic heterocycles. The van der Waals surface area contributed by atoms with E-state index >= 15 is 0 Å². The lowest BCUT2D eigenvalue weighted by molar-refractivity contribution is 0.0819. The molecule has 1 aliphatic heterocycles. The molecule has 8 heteroatoms. The lowest BCUT2D eigenvalue weighted by Gasteiger charge is -2.20. The van der Waals surface area contributed by atoms with Crippen molar-refractivity contribution in [2.24, 2.45) is 11.8 Å². The van der Waals surface area contributed by atoms with Gasteiger partial charge in [0.15, 0.2) is 0 Å². The highest BCUT2D eigenvalue weighted by Gasteiger charge is 2.45. The van der Waals surface area contributed by atoms with E-state index in [2.05, 4.69) is 59.8 Å². The second-order valence-electron chi connectivity index (χ2n) is 8.73. The third-order valence-corrected chi connectivity index (χ3v) is 7.59. The fourth-order valence-corrected chi connectivity index (χ4v) is 5.76. The van der Waals surface area contributed by atoms with E-state index in [1.54, 1.807) is 6.33 Å². The van der Waals surface area contributed by atoms with Gasteiger partial charge in [0.1, 0.15) is 23.6 Å². The summed E-state index contributed by atoms with van der Waals surface area (Å²) in [5.41, 5.74) is 15.1. The Morgan fingerprint density at radius 1 is 1.10 bits per heavy atom. The van der Waals surface area contributed by atoms with Gasteiger partial charge in [-0.15, -0.1) is 0 Å². The number of benzene rings is 1. The molecule has 158 valence electrons. The van der Waals surface area contributed by atoms with Gasteiger partial charge in [0.25, 0.3) is 0 Å². The maximum Gasteiger partial charge on any atom is 0.145 e. The van der Waals surface area contributed by atoms with Crippen molar-refractivity contribution < 1.29 is 4.74 Å². The Balaban J connectivity index is 1.23. The summed E-state index contributed by atoms with van der Waals surface area (Å²) in [6.07, 6.45) is 6.97. The molecule has 7 nitrogen and oxygen atoms in total. The molecule has 1 saturated heterocycles. The minimum atomic E-state index is 0.224. The number of nitrogens with two attached hydrogens (primary N) is 2. The fourth-order valence-electron chi connectivity index (χ4n) is 5.43. The summed E-state index contributed by atoms with van der Waals surface area (Å²) in [7, 11) is 0. The van der Waals surface area contributed by atoms with E-state index in [-0.39, 0.29) is 6.10 Å². The van der Waals surface area contributed by atoms with Crippen LogP contribution in [0.15, 0.2) is 47.3 Å². The first-order valence-electron chi connectivity index (χ1n) is 10.6. The molecule has 0 radical (unpaired) electrons. The Hall–Kier alpha value is -2.71. The molecular formula is C23H23BrN6O. The highest BCUT2D eigenvalue weighted by Crippen LogP contribution is 2.47. The number of ether oxygens (including phenoxy) is 1. The summed E-state index contributed by atoms with van der Waals surface area (Å²) in [5.74, 6) is 2.18. The highest BCUT2D eigenvalue weighted by molar-refractivity contribution is 9.10. The number of pyridine rings is 1. The van der Waals surface area contributed by atoms with Crippen LogP contribution >= 0.6 is 15.9 Å². The van der Waals surface area contributed by atoms with Gasteiger partial charge in [0.05, 0.1) is 28.1 Å². The first kappa shape index (κ1) is 19.0. The summed E-state index contributed by atoms with van der Waals surface area (Å²) < 4.78 is 9.35. The van der Waals surface area contributed by atoms with Crippen LogP contribution in [0.5, 0.6) is 0 Å². The van der Waals surface area contributed by atoms with Crippen LogP contribution in [0.2, 0.25) is 0 Å². The Morgan fingerprint density at radius 3 is 2.90 bits per heavy atom. The molecule has 4 aromatic rings. The molecule has 0 spiro atoms. The number of anilines is 2. The van der Waals surface area contributed by atoms with Gasteiger partial charge in [-0.25, -0.2) is 15.0 Å². The van der Waals surface area contributed by atoms with Crippen molar-refractivity contribution >= 4 is 49.5 Å². The number of aromatic nitrogens is 4. The van der Waals surface area contributed by atoms with Gasteiger partial charge in [0, 0.05) is 17.6 Å². The number of nitrogen functional groups attached to an aromatic ring is 2. The van der Waals surface area contributed by atoms with Crippen LogP contribution in [-0.4, -0.2) is 32.2 Å². The molecule has 1 aliphatic carbocycles. The molecule has 0 amide bonds. The van der Waals surface area contributed by atoms with Gasteiger partial charge in [0.2, 0.25) is 0 Å². The Bertz CT molecular complexity index is 1300. The van der Waals surface area contributed by atoms with Crippen LogP contribution < -0.4 is 11.5 Å². The van der Waals surface area contributed by atoms with E-state index in [1.807, 2.05) is 12.1 Å². The zero-order chi connectivity index (χ0) is 21.1. The minimum absolute atomic E-state index is 0.224. The summed E-state index contributed by atoms with van der Waals surface area (Å²) in [4.78, 5) is 13.1. The van der Waals surface area contributed by atoms with Crippen molar-refractivity contribution in [2.45, 2.75) is 31.4 Å². The summed E-state index contributed by atoms with van der Waals surface area (Å²) in [6.45, 7) is 0.827. The Labute approximate surface area is 187 Å². The maximum atomic E-state index is 6.24. The molecule has 31 heavy (non-hydrogen) atoms. The van der Waals surface area contributed by atoms with Crippen LogP contribution in [0.4, 0.5) is 11.6 Å². The molecule has 2 aliphatic rings. The lowest BCUT2D eigenvalue weighted by atomic mass is 9.90. The Morgan fingerprint density at radius 2 is 2.00 bits per heavy atom. The van der Waals surface area contributed by atoms with Crippen molar-refractivity contribution in [1.82, 2.24) is 19.5 Å². The van der Waals surface area contributed by atoms with Crippen molar-refractivity contribution in [3.05, 3.63) is 52.9 Å². The van der Waals surface area contributed by atoms with Gasteiger partial charge in [-0.3, -0.25) is 0 Å².